The molecular formula is C20H21N3O3S2. The zero-order valence-corrected chi connectivity index (χ0v) is 17.2. The van der Waals surface area contributed by atoms with Gasteiger partial charge >= 0.3 is 0 Å². The Balaban J connectivity index is 1.58. The SMILES string of the molecule is Cc1cccc(CCC(=O)Nc2nc(-c3ccc(NS(C)(=O)=O)cc3)cs2)c1. The number of carbonyl (C=O) groups is 1. The van der Waals surface area contributed by atoms with Crippen LogP contribution < -0.4 is 10.0 Å². The maximum Gasteiger partial charge on any atom is 0.229 e. The lowest BCUT2D eigenvalue weighted by Gasteiger charge is -2.04. The van der Waals surface area contributed by atoms with Gasteiger partial charge in [0.1, 0.15) is 0 Å². The second-order valence-corrected chi connectivity index (χ2v) is 9.13. The third kappa shape index (κ3) is 5.90. The van der Waals surface area contributed by atoms with E-state index in [9.17, 15) is 13.2 Å². The third-order valence-electron chi connectivity index (χ3n) is 3.96. The highest BCUT2D eigenvalue weighted by molar-refractivity contribution is 7.92. The van der Waals surface area contributed by atoms with Crippen molar-refractivity contribution in [3.63, 3.8) is 0 Å². The number of benzene rings is 2. The number of hydrogen-bond acceptors (Lipinski definition) is 5. The highest BCUT2D eigenvalue weighted by atomic mass is 32.2. The third-order valence-corrected chi connectivity index (χ3v) is 5.32. The Morgan fingerprint density at radius 2 is 1.89 bits per heavy atom. The standard InChI is InChI=1S/C20H21N3O3S2/c1-14-4-3-5-15(12-14)6-11-19(24)22-20-21-18(13-27-20)16-7-9-17(10-8-16)23-28(2,25)26/h3-5,7-10,12-13,23H,6,11H2,1-2H3,(H,21,22,24). The van der Waals surface area contributed by atoms with E-state index in [0.29, 0.717) is 23.7 Å². The number of aryl methyl sites for hydroxylation is 2. The molecule has 3 aromatic rings. The molecule has 0 saturated carbocycles. The average Bonchev–Trinajstić information content (AvgIpc) is 3.08. The lowest BCUT2D eigenvalue weighted by molar-refractivity contribution is -0.116. The van der Waals surface area contributed by atoms with Crippen molar-refractivity contribution in [2.45, 2.75) is 19.8 Å². The van der Waals surface area contributed by atoms with Gasteiger partial charge in [0.25, 0.3) is 0 Å². The van der Waals surface area contributed by atoms with E-state index in [1.165, 1.54) is 16.9 Å². The number of nitrogens with one attached hydrogen (secondary N) is 2. The molecule has 0 radical (unpaired) electrons. The van der Waals surface area contributed by atoms with Crippen molar-refractivity contribution in [3.8, 4) is 11.3 Å². The Kier molecular flexibility index (Phi) is 6.11. The van der Waals surface area contributed by atoms with Gasteiger partial charge in [-0.15, -0.1) is 11.3 Å². The topological polar surface area (TPSA) is 88.2 Å². The van der Waals surface area contributed by atoms with Gasteiger partial charge in [0.05, 0.1) is 11.9 Å². The molecule has 0 atom stereocenters. The van der Waals surface area contributed by atoms with E-state index >= 15 is 0 Å². The van der Waals surface area contributed by atoms with Gasteiger partial charge in [-0.1, -0.05) is 42.0 Å². The van der Waals surface area contributed by atoms with E-state index in [0.717, 1.165) is 23.1 Å². The van der Waals surface area contributed by atoms with Gasteiger partial charge in [-0.2, -0.15) is 0 Å². The van der Waals surface area contributed by atoms with Crippen LogP contribution in [0, 0.1) is 6.92 Å². The normalized spacial score (nSPS) is 11.2. The van der Waals surface area contributed by atoms with Crippen molar-refractivity contribution in [1.82, 2.24) is 4.98 Å². The fourth-order valence-corrected chi connectivity index (χ4v) is 3.99. The van der Waals surface area contributed by atoms with Crippen molar-refractivity contribution in [3.05, 3.63) is 65.0 Å². The van der Waals surface area contributed by atoms with Crippen LogP contribution in [0.1, 0.15) is 17.5 Å². The molecule has 2 N–H and O–H groups in total. The van der Waals surface area contributed by atoms with Crippen molar-refractivity contribution in [1.29, 1.82) is 0 Å². The highest BCUT2D eigenvalue weighted by Crippen LogP contribution is 2.26. The Morgan fingerprint density at radius 3 is 2.57 bits per heavy atom. The van der Waals surface area contributed by atoms with Gasteiger partial charge in [-0.05, 0) is 31.0 Å². The summed E-state index contributed by atoms with van der Waals surface area (Å²) in [6, 6.07) is 15.0. The zero-order valence-electron chi connectivity index (χ0n) is 15.6. The molecule has 146 valence electrons. The Hall–Kier alpha value is -2.71. The summed E-state index contributed by atoms with van der Waals surface area (Å²) in [5.41, 5.74) is 4.38. The molecule has 0 bridgehead atoms. The number of amides is 1. The number of aromatic nitrogens is 1. The minimum Gasteiger partial charge on any atom is -0.302 e. The van der Waals surface area contributed by atoms with Gasteiger partial charge in [0, 0.05) is 23.1 Å². The molecule has 28 heavy (non-hydrogen) atoms. The molecule has 0 saturated heterocycles. The largest absolute Gasteiger partial charge is 0.302 e. The van der Waals surface area contributed by atoms with Crippen molar-refractivity contribution in [2.75, 3.05) is 16.3 Å². The van der Waals surface area contributed by atoms with Crippen molar-refractivity contribution in [2.24, 2.45) is 0 Å². The number of sulfonamides is 1. The molecule has 8 heteroatoms. The maximum absolute atomic E-state index is 12.2. The highest BCUT2D eigenvalue weighted by Gasteiger charge is 2.09. The molecule has 3 rings (SSSR count). The zero-order chi connectivity index (χ0) is 20.1. The molecule has 0 aliphatic carbocycles. The lowest BCUT2D eigenvalue weighted by atomic mass is 10.1. The molecule has 1 amide bonds. The van der Waals surface area contributed by atoms with Crippen LogP contribution in [0.25, 0.3) is 11.3 Å². The summed E-state index contributed by atoms with van der Waals surface area (Å²) in [5, 5.41) is 5.24. The molecule has 0 fully saturated rings. The maximum atomic E-state index is 12.2. The van der Waals surface area contributed by atoms with Crippen LogP contribution in [0.4, 0.5) is 10.8 Å². The first-order chi connectivity index (χ1) is 13.3. The predicted octanol–water partition coefficient (Wildman–Crippen LogP) is 4.06. The first kappa shape index (κ1) is 20.0. The van der Waals surface area contributed by atoms with Crippen LogP contribution in [0.3, 0.4) is 0 Å². The predicted molar refractivity (Wildman–Crippen MR) is 114 cm³/mol. The van der Waals surface area contributed by atoms with E-state index < -0.39 is 10.0 Å². The van der Waals surface area contributed by atoms with Gasteiger partial charge in [-0.25, -0.2) is 13.4 Å². The minimum absolute atomic E-state index is 0.0740. The van der Waals surface area contributed by atoms with Gasteiger partial charge in [0.2, 0.25) is 15.9 Å². The lowest BCUT2D eigenvalue weighted by Crippen LogP contribution is -2.12. The van der Waals surface area contributed by atoms with Crippen LogP contribution >= 0.6 is 11.3 Å². The summed E-state index contributed by atoms with van der Waals surface area (Å²) in [4.78, 5) is 16.6. The Bertz CT molecular complexity index is 1070. The summed E-state index contributed by atoms with van der Waals surface area (Å²) in [5.74, 6) is -0.0740. The second-order valence-electron chi connectivity index (χ2n) is 6.53. The molecule has 0 spiro atoms. The van der Waals surface area contributed by atoms with E-state index in [1.54, 1.807) is 24.3 Å². The molecule has 6 nitrogen and oxygen atoms in total. The number of anilines is 2. The average molecular weight is 416 g/mol. The second kappa shape index (κ2) is 8.53. The Labute approximate surface area is 168 Å². The van der Waals surface area contributed by atoms with E-state index in [4.69, 9.17) is 0 Å². The number of thiazole rings is 1. The summed E-state index contributed by atoms with van der Waals surface area (Å²) in [7, 11) is -3.30. The van der Waals surface area contributed by atoms with Crippen LogP contribution in [-0.4, -0.2) is 25.6 Å². The number of rotatable bonds is 7. The first-order valence-electron chi connectivity index (χ1n) is 8.68. The summed E-state index contributed by atoms with van der Waals surface area (Å²) in [6.07, 6.45) is 2.18. The fraction of sp³-hybridized carbons (Fsp3) is 0.200. The van der Waals surface area contributed by atoms with Crippen LogP contribution in [0.2, 0.25) is 0 Å². The monoisotopic (exact) mass is 415 g/mol. The summed E-state index contributed by atoms with van der Waals surface area (Å²) >= 11 is 1.36. The summed E-state index contributed by atoms with van der Waals surface area (Å²) in [6.45, 7) is 2.03. The van der Waals surface area contributed by atoms with Crippen molar-refractivity contribution >= 4 is 38.1 Å². The van der Waals surface area contributed by atoms with E-state index in [1.807, 2.05) is 30.5 Å². The number of carbonyl (C=O) groups excluding carboxylic acids is 1. The molecular weight excluding hydrogens is 394 g/mol. The van der Waals surface area contributed by atoms with Crippen LogP contribution in [0.15, 0.2) is 53.9 Å². The molecule has 1 heterocycles. The van der Waals surface area contributed by atoms with Crippen LogP contribution in [-0.2, 0) is 21.2 Å². The molecule has 0 aliphatic heterocycles. The van der Waals surface area contributed by atoms with E-state index in [-0.39, 0.29) is 5.91 Å². The first-order valence-corrected chi connectivity index (χ1v) is 11.4. The minimum atomic E-state index is -3.30. The quantitative estimate of drug-likeness (QED) is 0.609. The van der Waals surface area contributed by atoms with Gasteiger partial charge in [-0.3, -0.25) is 9.52 Å². The molecule has 0 unspecified atom stereocenters. The van der Waals surface area contributed by atoms with Gasteiger partial charge in [0.15, 0.2) is 5.13 Å². The smallest absolute Gasteiger partial charge is 0.229 e. The molecule has 2 aromatic carbocycles. The number of hydrogen-bond donors (Lipinski definition) is 2. The molecule has 0 aliphatic rings. The fourth-order valence-electron chi connectivity index (χ4n) is 2.69. The van der Waals surface area contributed by atoms with E-state index in [2.05, 4.69) is 21.1 Å². The van der Waals surface area contributed by atoms with Crippen molar-refractivity contribution < 1.29 is 13.2 Å². The number of nitrogens with zero attached hydrogens (tertiary/aromatic N) is 1. The Morgan fingerprint density at radius 1 is 1.14 bits per heavy atom. The van der Waals surface area contributed by atoms with Crippen LogP contribution in [0.5, 0.6) is 0 Å². The molecule has 1 aromatic heterocycles. The summed E-state index contributed by atoms with van der Waals surface area (Å²) < 4.78 is 24.9. The van der Waals surface area contributed by atoms with Gasteiger partial charge < -0.3 is 5.32 Å².